The number of nitrogens with zero attached hydrogens (tertiary/aromatic N) is 3. The Morgan fingerprint density at radius 1 is 1.13 bits per heavy atom. The summed E-state index contributed by atoms with van der Waals surface area (Å²) < 4.78 is 27.2. The Hall–Kier alpha value is -2.55. The first-order valence-corrected chi connectivity index (χ1v) is 12.7. The number of thiazole rings is 1. The molecule has 1 aliphatic rings. The van der Waals surface area contributed by atoms with E-state index in [-0.39, 0.29) is 10.8 Å². The van der Waals surface area contributed by atoms with Crippen molar-refractivity contribution >= 4 is 33.0 Å². The lowest BCUT2D eigenvalue weighted by molar-refractivity contribution is 0.0981. The molecule has 0 saturated carbocycles. The summed E-state index contributed by atoms with van der Waals surface area (Å²) in [7, 11) is -3.53. The van der Waals surface area contributed by atoms with E-state index in [4.69, 9.17) is 0 Å². The molecule has 0 radical (unpaired) electrons. The van der Waals surface area contributed by atoms with Crippen LogP contribution in [-0.2, 0) is 16.4 Å². The quantitative estimate of drug-likeness (QED) is 0.551. The first-order chi connectivity index (χ1) is 15.0. The van der Waals surface area contributed by atoms with Crippen molar-refractivity contribution in [1.82, 2.24) is 9.29 Å². The minimum Gasteiger partial charge on any atom is -0.307 e. The highest BCUT2D eigenvalue weighted by Crippen LogP contribution is 2.32. The maximum Gasteiger partial charge on any atom is 0.277 e. The molecule has 1 aliphatic heterocycles. The largest absolute Gasteiger partial charge is 0.307 e. The lowest BCUT2D eigenvalue weighted by Crippen LogP contribution is -2.36. The molecule has 8 heteroatoms. The van der Waals surface area contributed by atoms with Crippen LogP contribution in [0.2, 0.25) is 0 Å². The van der Waals surface area contributed by atoms with Crippen molar-refractivity contribution in [2.75, 3.05) is 24.5 Å². The van der Waals surface area contributed by atoms with E-state index in [9.17, 15) is 13.2 Å². The molecule has 1 amide bonds. The third-order valence-corrected chi connectivity index (χ3v) is 8.44. The Bertz CT molecular complexity index is 1190. The average Bonchev–Trinajstić information content (AvgIpc) is 3.29. The second-order valence-electron chi connectivity index (χ2n) is 7.34. The van der Waals surface area contributed by atoms with Crippen molar-refractivity contribution in [2.24, 2.45) is 0 Å². The number of benzene rings is 2. The highest BCUT2D eigenvalue weighted by molar-refractivity contribution is 7.89. The highest BCUT2D eigenvalue weighted by atomic mass is 32.2. The molecule has 2 heterocycles. The molecule has 6 nitrogen and oxygen atoms in total. The average molecular weight is 456 g/mol. The van der Waals surface area contributed by atoms with E-state index in [1.807, 2.05) is 44.2 Å². The topological polar surface area (TPSA) is 70.6 Å². The molecule has 0 aliphatic carbocycles. The van der Waals surface area contributed by atoms with Gasteiger partial charge in [0.25, 0.3) is 5.91 Å². The van der Waals surface area contributed by atoms with E-state index in [1.54, 1.807) is 28.5 Å². The smallest absolute Gasteiger partial charge is 0.277 e. The van der Waals surface area contributed by atoms with Crippen molar-refractivity contribution in [3.8, 4) is 10.6 Å². The van der Waals surface area contributed by atoms with E-state index in [2.05, 4.69) is 4.98 Å². The third-order valence-electron chi connectivity index (χ3n) is 5.50. The lowest BCUT2D eigenvalue weighted by Gasteiger charge is -2.29. The molecule has 0 fully saturated rings. The fourth-order valence-corrected chi connectivity index (χ4v) is 6.19. The summed E-state index contributed by atoms with van der Waals surface area (Å²) in [5.41, 5.74) is 3.05. The van der Waals surface area contributed by atoms with E-state index < -0.39 is 10.0 Å². The van der Waals surface area contributed by atoms with Crippen LogP contribution in [0.5, 0.6) is 0 Å². The maximum absolute atomic E-state index is 13.2. The Morgan fingerprint density at radius 3 is 2.58 bits per heavy atom. The summed E-state index contributed by atoms with van der Waals surface area (Å²) in [6.45, 7) is 5.10. The van der Waals surface area contributed by atoms with Gasteiger partial charge in [0.05, 0.1) is 4.90 Å². The number of carbonyl (C=O) groups excluding carboxylic acids is 1. The first kappa shape index (κ1) is 21.7. The molecular weight excluding hydrogens is 430 g/mol. The number of fused-ring (bicyclic) bond motifs is 1. The van der Waals surface area contributed by atoms with Gasteiger partial charge in [-0.2, -0.15) is 4.31 Å². The van der Waals surface area contributed by atoms with Gasteiger partial charge in [0.2, 0.25) is 10.0 Å². The zero-order chi connectivity index (χ0) is 22.0. The van der Waals surface area contributed by atoms with Crippen molar-refractivity contribution < 1.29 is 13.2 Å². The number of aromatic nitrogens is 1. The number of anilines is 1. The van der Waals surface area contributed by atoms with Crippen LogP contribution >= 0.6 is 11.3 Å². The molecule has 2 aromatic carbocycles. The standard InChI is InChI=1S/C23H25N3O3S2/c1-3-25(4-2)31(28,29)19-12-13-21-18(15-19)11-8-14-26(21)23(27)20-16-30-22(24-20)17-9-6-5-7-10-17/h5-7,9-10,12-13,15-16H,3-4,8,11,14H2,1-2H3. The van der Waals surface area contributed by atoms with Crippen molar-refractivity contribution in [2.45, 2.75) is 31.6 Å². The van der Waals surface area contributed by atoms with E-state index >= 15 is 0 Å². The number of sulfonamides is 1. The predicted octanol–water partition coefficient (Wildman–Crippen LogP) is 4.43. The van der Waals surface area contributed by atoms with Crippen LogP contribution in [0.15, 0.2) is 58.8 Å². The first-order valence-electron chi connectivity index (χ1n) is 10.4. The molecule has 1 aromatic heterocycles. The molecule has 162 valence electrons. The zero-order valence-corrected chi connectivity index (χ0v) is 19.2. The van der Waals surface area contributed by atoms with Gasteiger partial charge in [-0.25, -0.2) is 13.4 Å². The van der Waals surface area contributed by atoms with Crippen LogP contribution in [0.3, 0.4) is 0 Å². The maximum atomic E-state index is 13.2. The van der Waals surface area contributed by atoms with Gasteiger partial charge < -0.3 is 4.90 Å². The summed E-state index contributed by atoms with van der Waals surface area (Å²) in [4.78, 5) is 19.8. The molecule has 0 N–H and O–H groups in total. The number of aryl methyl sites for hydroxylation is 1. The van der Waals surface area contributed by atoms with Crippen LogP contribution in [0.1, 0.15) is 36.3 Å². The number of carbonyl (C=O) groups is 1. The molecule has 3 aromatic rings. The van der Waals surface area contributed by atoms with Gasteiger partial charge in [-0.3, -0.25) is 4.79 Å². The minimum atomic E-state index is -3.53. The summed E-state index contributed by atoms with van der Waals surface area (Å²) in [6.07, 6.45) is 1.52. The van der Waals surface area contributed by atoms with Crippen LogP contribution in [-0.4, -0.2) is 43.2 Å². The van der Waals surface area contributed by atoms with Gasteiger partial charge in [-0.1, -0.05) is 44.2 Å². The monoisotopic (exact) mass is 455 g/mol. The van der Waals surface area contributed by atoms with Gasteiger partial charge in [0.1, 0.15) is 10.7 Å². The van der Waals surface area contributed by atoms with Crippen molar-refractivity contribution in [3.05, 3.63) is 65.2 Å². The zero-order valence-electron chi connectivity index (χ0n) is 17.6. The summed E-state index contributed by atoms with van der Waals surface area (Å²) in [5, 5.41) is 2.60. The molecule has 4 rings (SSSR count). The molecule has 0 saturated heterocycles. The van der Waals surface area contributed by atoms with Gasteiger partial charge in [-0.05, 0) is 36.6 Å². The highest BCUT2D eigenvalue weighted by Gasteiger charge is 2.28. The second kappa shape index (κ2) is 8.90. The normalized spacial score (nSPS) is 14.0. The Balaban J connectivity index is 1.63. The number of rotatable bonds is 6. The van der Waals surface area contributed by atoms with E-state index in [0.717, 1.165) is 34.7 Å². The molecule has 0 bridgehead atoms. The van der Waals surface area contributed by atoms with Crippen LogP contribution in [0, 0.1) is 0 Å². The number of amides is 1. The second-order valence-corrected chi connectivity index (χ2v) is 10.1. The fourth-order valence-electron chi connectivity index (χ4n) is 3.88. The molecule has 0 spiro atoms. The van der Waals surface area contributed by atoms with Crippen molar-refractivity contribution in [1.29, 1.82) is 0 Å². The number of hydrogen-bond donors (Lipinski definition) is 0. The van der Waals surface area contributed by atoms with Gasteiger partial charge in [0, 0.05) is 36.3 Å². The van der Waals surface area contributed by atoms with Crippen LogP contribution < -0.4 is 4.90 Å². The van der Waals surface area contributed by atoms with Gasteiger partial charge in [-0.15, -0.1) is 11.3 Å². The SMILES string of the molecule is CCN(CC)S(=O)(=O)c1ccc2c(c1)CCCN2C(=O)c1csc(-c2ccccc2)n1. The molecule has 0 atom stereocenters. The van der Waals surface area contributed by atoms with Crippen LogP contribution in [0.25, 0.3) is 10.6 Å². The lowest BCUT2D eigenvalue weighted by atomic mass is 10.0. The minimum absolute atomic E-state index is 0.154. The van der Waals surface area contributed by atoms with E-state index in [0.29, 0.717) is 25.3 Å². The number of hydrogen-bond acceptors (Lipinski definition) is 5. The predicted molar refractivity (Wildman–Crippen MR) is 124 cm³/mol. The van der Waals surface area contributed by atoms with Crippen LogP contribution in [0.4, 0.5) is 5.69 Å². The Morgan fingerprint density at radius 2 is 1.87 bits per heavy atom. The molecular formula is C23H25N3O3S2. The summed E-state index contributed by atoms with van der Waals surface area (Å²) in [5.74, 6) is -0.154. The Kier molecular flexibility index (Phi) is 6.22. The summed E-state index contributed by atoms with van der Waals surface area (Å²) >= 11 is 1.45. The summed E-state index contributed by atoms with van der Waals surface area (Å²) in [6, 6.07) is 14.9. The molecule has 0 unspecified atom stereocenters. The molecule has 31 heavy (non-hydrogen) atoms. The fraction of sp³-hybridized carbons (Fsp3) is 0.304. The van der Waals surface area contributed by atoms with E-state index in [1.165, 1.54) is 15.6 Å². The third kappa shape index (κ3) is 4.15. The van der Waals surface area contributed by atoms with Gasteiger partial charge >= 0.3 is 0 Å². The van der Waals surface area contributed by atoms with Gasteiger partial charge in [0.15, 0.2) is 0 Å². The van der Waals surface area contributed by atoms with Crippen molar-refractivity contribution in [3.63, 3.8) is 0 Å². The Labute approximate surface area is 187 Å².